The van der Waals surface area contributed by atoms with Gasteiger partial charge in [0.15, 0.2) is 5.82 Å². The number of nitrogens with zero attached hydrogens (tertiary/aromatic N) is 10. The molecule has 18 nitrogen and oxygen atoms in total. The summed E-state index contributed by atoms with van der Waals surface area (Å²) in [7, 11) is 2.45. The fourth-order valence-electron chi connectivity index (χ4n) is 9.73. The summed E-state index contributed by atoms with van der Waals surface area (Å²) in [5, 5.41) is 19.4. The summed E-state index contributed by atoms with van der Waals surface area (Å²) in [6.07, 6.45) is 5.62. The number of hydrogen-bond donors (Lipinski definition) is 3. The SMILES string of the molecule is COc1cc(N2CCN(C(=O)CN3CCC(c4ccc5c(N6CCC(=O)NC6=O)nn(C)c5c4)C(F)(F)C3)CC2)c(-c2cnn(C)c2)cc1Nc1ncc(Br)c(Nc2ccc(C)c(C)c2P(C)(C)=O)n1. The summed E-state index contributed by atoms with van der Waals surface area (Å²) in [4.78, 5) is 54.2. The molecule has 1 unspecified atom stereocenters. The van der Waals surface area contributed by atoms with Gasteiger partial charge in [-0.25, -0.2) is 18.6 Å². The van der Waals surface area contributed by atoms with Gasteiger partial charge in [-0.3, -0.25) is 34.1 Å². The number of amides is 4. The molecular formula is C48H55BrF2N13O5P. The molecule has 3 aromatic heterocycles. The Morgan fingerprint density at radius 3 is 2.44 bits per heavy atom. The summed E-state index contributed by atoms with van der Waals surface area (Å²) in [6, 6.07) is 12.3. The molecule has 3 aliphatic heterocycles. The molecule has 0 saturated carbocycles. The van der Waals surface area contributed by atoms with Crippen molar-refractivity contribution in [3.05, 3.63) is 82.2 Å². The molecule has 1 atom stereocenters. The van der Waals surface area contributed by atoms with Gasteiger partial charge in [0.25, 0.3) is 5.92 Å². The van der Waals surface area contributed by atoms with Crippen molar-refractivity contribution in [1.82, 2.24) is 44.6 Å². The molecule has 9 rings (SSSR count). The molecule has 6 heterocycles. The van der Waals surface area contributed by atoms with E-state index >= 15 is 8.78 Å². The van der Waals surface area contributed by atoms with E-state index < -0.39 is 31.6 Å². The maximum Gasteiger partial charge on any atom is 0.329 e. The third-order valence-corrected chi connectivity index (χ3v) is 15.6. The predicted octanol–water partition coefficient (Wildman–Crippen LogP) is 7.11. The van der Waals surface area contributed by atoms with Crippen LogP contribution in [0.15, 0.2) is 65.5 Å². The van der Waals surface area contributed by atoms with Crippen molar-refractivity contribution in [2.24, 2.45) is 14.1 Å². The van der Waals surface area contributed by atoms with Crippen LogP contribution in [0.5, 0.6) is 5.75 Å². The maximum atomic E-state index is 16.1. The number of ether oxygens (including phenoxy) is 1. The highest BCUT2D eigenvalue weighted by Crippen LogP contribution is 2.44. The topological polar surface area (TPSA) is 188 Å². The highest BCUT2D eigenvalue weighted by atomic mass is 79.9. The number of methoxy groups -OCH3 is 1. The number of nitrogens with one attached hydrogen (secondary N) is 3. The van der Waals surface area contributed by atoms with Crippen molar-refractivity contribution in [2.45, 2.75) is 38.5 Å². The first-order chi connectivity index (χ1) is 33.3. The number of likely N-dealkylation sites (tertiary alicyclic amines) is 1. The molecule has 3 aliphatic rings. The Bertz CT molecular complexity index is 3100. The van der Waals surface area contributed by atoms with Gasteiger partial charge in [-0.05, 0) is 97.0 Å². The van der Waals surface area contributed by atoms with E-state index in [1.54, 1.807) is 77.2 Å². The molecule has 3 N–H and O–H groups in total. The first-order valence-electron chi connectivity index (χ1n) is 22.9. The number of carbonyl (C=O) groups excluding carboxylic acids is 3. The van der Waals surface area contributed by atoms with E-state index in [2.05, 4.69) is 52.0 Å². The monoisotopic (exact) mass is 1040 g/mol. The van der Waals surface area contributed by atoms with Gasteiger partial charge in [-0.2, -0.15) is 15.2 Å². The van der Waals surface area contributed by atoms with Crippen LogP contribution in [0.4, 0.5) is 48.2 Å². The summed E-state index contributed by atoms with van der Waals surface area (Å²) in [5.41, 5.74) is 6.93. The number of carbonyl (C=O) groups is 3. The molecule has 0 radical (unpaired) electrons. The van der Waals surface area contributed by atoms with Crippen LogP contribution in [0.1, 0.15) is 35.4 Å². The third kappa shape index (κ3) is 9.70. The Balaban J connectivity index is 0.870. The van der Waals surface area contributed by atoms with Gasteiger partial charge in [0.2, 0.25) is 17.8 Å². The number of imide groups is 1. The van der Waals surface area contributed by atoms with Crippen LogP contribution in [-0.2, 0) is 28.2 Å². The number of benzene rings is 3. The lowest BCUT2D eigenvalue weighted by atomic mass is 9.85. The Morgan fingerprint density at radius 1 is 0.986 bits per heavy atom. The molecule has 0 bridgehead atoms. The average molecular weight is 1040 g/mol. The van der Waals surface area contributed by atoms with Gasteiger partial charge in [0.1, 0.15) is 18.7 Å². The number of anilines is 6. The number of urea groups is 1. The van der Waals surface area contributed by atoms with Crippen LogP contribution >= 0.6 is 23.1 Å². The van der Waals surface area contributed by atoms with Crippen molar-refractivity contribution in [3.63, 3.8) is 0 Å². The fraction of sp³-hybridized carbons (Fsp3) is 0.396. The lowest BCUT2D eigenvalue weighted by molar-refractivity contribution is -0.136. The van der Waals surface area contributed by atoms with Crippen LogP contribution in [0.25, 0.3) is 22.0 Å². The minimum Gasteiger partial charge on any atom is -0.494 e. The molecule has 368 valence electrons. The lowest BCUT2D eigenvalue weighted by Gasteiger charge is -2.40. The average Bonchev–Trinajstić information content (AvgIpc) is 3.89. The van der Waals surface area contributed by atoms with Gasteiger partial charge in [-0.1, -0.05) is 12.1 Å². The van der Waals surface area contributed by atoms with Crippen LogP contribution in [0, 0.1) is 13.8 Å². The number of alkyl halides is 2. The quantitative estimate of drug-likeness (QED) is 0.105. The predicted molar refractivity (Wildman–Crippen MR) is 270 cm³/mol. The van der Waals surface area contributed by atoms with Gasteiger partial charge >= 0.3 is 6.03 Å². The minimum atomic E-state index is -3.12. The van der Waals surface area contributed by atoms with Crippen LogP contribution < -0.4 is 35.8 Å². The number of aryl methyl sites for hydroxylation is 3. The highest BCUT2D eigenvalue weighted by Gasteiger charge is 2.46. The molecule has 3 aromatic carbocycles. The Hall–Kier alpha value is -6.44. The summed E-state index contributed by atoms with van der Waals surface area (Å²) >= 11 is 3.58. The van der Waals surface area contributed by atoms with Crippen molar-refractivity contribution in [1.29, 1.82) is 0 Å². The molecular weight excluding hydrogens is 987 g/mol. The molecule has 6 aromatic rings. The zero-order chi connectivity index (χ0) is 49.8. The molecule has 0 spiro atoms. The number of piperidine rings is 1. The van der Waals surface area contributed by atoms with Gasteiger partial charge < -0.3 is 29.7 Å². The number of rotatable bonds is 12. The van der Waals surface area contributed by atoms with Gasteiger partial charge in [0.05, 0.1) is 53.7 Å². The third-order valence-electron chi connectivity index (χ3n) is 13.4. The molecule has 22 heteroatoms. The van der Waals surface area contributed by atoms with E-state index in [0.717, 1.165) is 33.2 Å². The van der Waals surface area contributed by atoms with Crippen LogP contribution in [-0.4, -0.2) is 136 Å². The Labute approximate surface area is 412 Å². The van der Waals surface area contributed by atoms with E-state index in [1.165, 1.54) is 4.90 Å². The second-order valence-corrected chi connectivity index (χ2v) is 22.5. The van der Waals surface area contributed by atoms with Crippen LogP contribution in [0.2, 0.25) is 0 Å². The molecule has 3 fully saturated rings. The highest BCUT2D eigenvalue weighted by molar-refractivity contribution is 9.10. The zero-order valence-corrected chi connectivity index (χ0v) is 42.5. The Kier molecular flexibility index (Phi) is 13.2. The van der Waals surface area contributed by atoms with Crippen LogP contribution in [0.3, 0.4) is 0 Å². The van der Waals surface area contributed by atoms with E-state index in [0.29, 0.717) is 82.4 Å². The summed E-state index contributed by atoms with van der Waals surface area (Å²) < 4.78 is 55.4. The largest absolute Gasteiger partial charge is 0.494 e. The van der Waals surface area contributed by atoms with Gasteiger partial charge in [0, 0.05) is 99.2 Å². The summed E-state index contributed by atoms with van der Waals surface area (Å²) in [6.45, 7) is 9.03. The Morgan fingerprint density at radius 2 is 1.76 bits per heavy atom. The maximum absolute atomic E-state index is 16.1. The van der Waals surface area contributed by atoms with Crippen molar-refractivity contribution >= 4 is 91.8 Å². The van der Waals surface area contributed by atoms with Gasteiger partial charge in [-0.15, -0.1) is 0 Å². The smallest absolute Gasteiger partial charge is 0.329 e. The first-order valence-corrected chi connectivity index (χ1v) is 26.3. The van der Waals surface area contributed by atoms with Crippen molar-refractivity contribution < 1.29 is 32.5 Å². The second kappa shape index (κ2) is 19.0. The normalized spacial score (nSPS) is 17.8. The zero-order valence-electron chi connectivity index (χ0n) is 40.0. The number of fused-ring (bicyclic) bond motifs is 1. The summed E-state index contributed by atoms with van der Waals surface area (Å²) in [5.74, 6) is -3.11. The van der Waals surface area contributed by atoms with E-state index in [-0.39, 0.29) is 43.7 Å². The van der Waals surface area contributed by atoms with E-state index in [1.807, 2.05) is 51.4 Å². The van der Waals surface area contributed by atoms with E-state index in [9.17, 15) is 18.9 Å². The number of piperazine rings is 1. The number of aromatic nitrogens is 6. The molecule has 70 heavy (non-hydrogen) atoms. The lowest BCUT2D eigenvalue weighted by Crippen LogP contribution is -2.54. The number of halogens is 3. The molecule has 0 aliphatic carbocycles. The van der Waals surface area contributed by atoms with E-state index in [4.69, 9.17) is 9.72 Å². The van der Waals surface area contributed by atoms with Crippen molar-refractivity contribution in [3.8, 4) is 16.9 Å². The fourth-order valence-corrected chi connectivity index (χ4v) is 11.7. The minimum absolute atomic E-state index is 0.124. The number of hydrogen-bond acceptors (Lipinski definition) is 13. The molecule has 3 saturated heterocycles. The first kappa shape index (κ1) is 48.6. The second-order valence-electron chi connectivity index (χ2n) is 18.5. The standard InChI is InChI=1S/C48H55BrF2N13O5P/c1-28-8-11-36(43(29(28)2)70(6,7)68)54-44-35(49)24-52-46(57-44)55-37-21-33(31-23-53-59(3)25-31)39(22-40(37)69-5)62-16-18-63(19-17-62)42(66)26-61-14-12-34(48(50,51)27-61)30-9-10-32-38(20-30)60(4)58-45(32)64-15-13-41(65)56-47(64)67/h8-11,20-25,34H,12-19,26-27H2,1-7H3,(H,56,65,67)(H2,52,54,55,57). The molecule has 4 amide bonds. The van der Waals surface area contributed by atoms with Crippen molar-refractivity contribution in [2.75, 3.05) is 93.2 Å².